The third-order valence-corrected chi connectivity index (χ3v) is 5.22. The van der Waals surface area contributed by atoms with Crippen LogP contribution in [0.5, 0.6) is 5.75 Å². The predicted octanol–water partition coefficient (Wildman–Crippen LogP) is 2.64. The molecule has 0 N–H and O–H groups in total. The van der Waals surface area contributed by atoms with Gasteiger partial charge in [-0.1, -0.05) is 17.7 Å². The molecule has 1 aromatic carbocycles. The number of carbonyl (C=O) groups is 2. The molecule has 0 unspecified atom stereocenters. The average Bonchev–Trinajstić information content (AvgIpc) is 3.21. The molecule has 1 aliphatic heterocycles. The number of hydrogen-bond acceptors (Lipinski definition) is 5. The van der Waals surface area contributed by atoms with E-state index in [0.29, 0.717) is 47.4 Å². The first kappa shape index (κ1) is 18.2. The molecule has 1 saturated heterocycles. The average molecular weight is 390 g/mol. The summed E-state index contributed by atoms with van der Waals surface area (Å²) in [4.78, 5) is 28.8. The van der Waals surface area contributed by atoms with E-state index in [9.17, 15) is 9.59 Å². The lowest BCUT2D eigenvalue weighted by Crippen LogP contribution is -2.51. The smallest absolute Gasteiger partial charge is 0.264 e. The number of rotatable bonds is 4. The number of nitriles is 1. The minimum absolute atomic E-state index is 0.00714. The summed E-state index contributed by atoms with van der Waals surface area (Å²) in [5.74, 6) is 0.215. The van der Waals surface area contributed by atoms with Crippen molar-refractivity contribution in [2.75, 3.05) is 32.8 Å². The number of halogens is 1. The van der Waals surface area contributed by atoms with Crippen molar-refractivity contribution in [1.82, 2.24) is 9.80 Å². The van der Waals surface area contributed by atoms with Crippen molar-refractivity contribution in [2.45, 2.75) is 0 Å². The summed E-state index contributed by atoms with van der Waals surface area (Å²) < 4.78 is 5.47. The number of nitrogens with zero attached hydrogens (tertiary/aromatic N) is 3. The van der Waals surface area contributed by atoms with Gasteiger partial charge in [-0.15, -0.1) is 11.3 Å². The molecule has 0 atom stereocenters. The maximum Gasteiger partial charge on any atom is 0.264 e. The summed E-state index contributed by atoms with van der Waals surface area (Å²) in [5, 5.41) is 11.0. The van der Waals surface area contributed by atoms with Crippen LogP contribution in [0.25, 0.3) is 0 Å². The maximum atomic E-state index is 12.3. The molecule has 0 bridgehead atoms. The number of carbonyl (C=O) groups excluding carboxylic acids is 2. The van der Waals surface area contributed by atoms with Crippen LogP contribution >= 0.6 is 22.9 Å². The Morgan fingerprint density at radius 2 is 1.92 bits per heavy atom. The fraction of sp³-hybridized carbons (Fsp3) is 0.278. The van der Waals surface area contributed by atoms with Gasteiger partial charge in [-0.25, -0.2) is 0 Å². The fourth-order valence-electron chi connectivity index (χ4n) is 2.63. The van der Waals surface area contributed by atoms with Crippen LogP contribution in [0.4, 0.5) is 0 Å². The molecular weight excluding hydrogens is 374 g/mol. The van der Waals surface area contributed by atoms with Crippen molar-refractivity contribution in [3.8, 4) is 11.8 Å². The third kappa shape index (κ3) is 4.15. The van der Waals surface area contributed by atoms with Crippen LogP contribution in [0.2, 0.25) is 5.02 Å². The number of thiophene rings is 1. The zero-order valence-corrected chi connectivity index (χ0v) is 15.4. The lowest BCUT2D eigenvalue weighted by Gasteiger charge is -2.34. The second-order valence-corrected chi connectivity index (χ2v) is 7.05. The summed E-state index contributed by atoms with van der Waals surface area (Å²) in [7, 11) is 0. The normalized spacial score (nSPS) is 14.0. The summed E-state index contributed by atoms with van der Waals surface area (Å²) in [6.45, 7) is 1.81. The van der Waals surface area contributed by atoms with Crippen molar-refractivity contribution < 1.29 is 14.3 Å². The van der Waals surface area contributed by atoms with Crippen molar-refractivity contribution in [3.63, 3.8) is 0 Å². The summed E-state index contributed by atoms with van der Waals surface area (Å²) in [5.41, 5.74) is 0.431. The predicted molar refractivity (Wildman–Crippen MR) is 98.5 cm³/mol. The van der Waals surface area contributed by atoms with E-state index in [4.69, 9.17) is 21.6 Å². The molecule has 0 aliphatic carbocycles. The number of ether oxygens (including phenoxy) is 1. The van der Waals surface area contributed by atoms with Crippen LogP contribution in [-0.4, -0.2) is 54.4 Å². The standard InChI is InChI=1S/C18H16ClN3O3S/c19-14-10-13(11-20)3-4-15(14)25-12-17(23)21-5-7-22(8-6-21)18(24)16-2-1-9-26-16/h1-4,9-10H,5-8,12H2. The summed E-state index contributed by atoms with van der Waals surface area (Å²) >= 11 is 7.45. The molecule has 8 heteroatoms. The highest BCUT2D eigenvalue weighted by Crippen LogP contribution is 2.25. The van der Waals surface area contributed by atoms with Gasteiger partial charge >= 0.3 is 0 Å². The van der Waals surface area contributed by atoms with Crippen molar-refractivity contribution >= 4 is 34.8 Å². The lowest BCUT2D eigenvalue weighted by atomic mass is 10.2. The Hall–Kier alpha value is -2.56. The van der Waals surface area contributed by atoms with Crippen LogP contribution < -0.4 is 4.74 Å². The van der Waals surface area contributed by atoms with Crippen LogP contribution in [0.1, 0.15) is 15.2 Å². The Morgan fingerprint density at radius 1 is 1.19 bits per heavy atom. The number of benzene rings is 1. The Kier molecular flexibility index (Phi) is 5.76. The fourth-order valence-corrected chi connectivity index (χ4v) is 3.56. The van der Waals surface area contributed by atoms with Gasteiger partial charge in [0.05, 0.1) is 21.5 Å². The summed E-state index contributed by atoms with van der Waals surface area (Å²) in [6, 6.07) is 10.3. The molecule has 0 spiro atoms. The van der Waals surface area contributed by atoms with E-state index < -0.39 is 0 Å². The molecule has 134 valence electrons. The monoisotopic (exact) mass is 389 g/mol. The highest BCUT2D eigenvalue weighted by molar-refractivity contribution is 7.12. The second kappa shape index (κ2) is 8.21. The van der Waals surface area contributed by atoms with Crippen LogP contribution in [-0.2, 0) is 4.79 Å². The Balaban J connectivity index is 1.50. The molecular formula is C18H16ClN3O3S. The Morgan fingerprint density at radius 3 is 2.54 bits per heavy atom. The van der Waals surface area contributed by atoms with Gasteiger partial charge in [0.1, 0.15) is 5.75 Å². The highest BCUT2D eigenvalue weighted by Gasteiger charge is 2.25. The minimum Gasteiger partial charge on any atom is -0.482 e. The molecule has 3 rings (SSSR count). The van der Waals surface area contributed by atoms with E-state index >= 15 is 0 Å². The van der Waals surface area contributed by atoms with E-state index in [-0.39, 0.29) is 18.4 Å². The van der Waals surface area contributed by atoms with Gasteiger partial charge < -0.3 is 14.5 Å². The van der Waals surface area contributed by atoms with Crippen molar-refractivity contribution in [1.29, 1.82) is 5.26 Å². The van der Waals surface area contributed by atoms with Crippen LogP contribution in [0.15, 0.2) is 35.7 Å². The highest BCUT2D eigenvalue weighted by atomic mass is 35.5. The van der Waals surface area contributed by atoms with Crippen LogP contribution in [0, 0.1) is 11.3 Å². The minimum atomic E-state index is -0.159. The van der Waals surface area contributed by atoms with Gasteiger partial charge in [0.15, 0.2) is 6.61 Å². The number of amides is 2. The SMILES string of the molecule is N#Cc1ccc(OCC(=O)N2CCN(C(=O)c3cccs3)CC2)c(Cl)c1. The topological polar surface area (TPSA) is 73.6 Å². The Bertz CT molecular complexity index is 840. The van der Waals surface area contributed by atoms with E-state index in [2.05, 4.69) is 0 Å². The van der Waals surface area contributed by atoms with E-state index in [1.807, 2.05) is 17.5 Å². The number of piperazine rings is 1. The van der Waals surface area contributed by atoms with Crippen molar-refractivity contribution in [3.05, 3.63) is 51.2 Å². The largest absolute Gasteiger partial charge is 0.482 e. The molecule has 1 aliphatic rings. The van der Waals surface area contributed by atoms with Gasteiger partial charge in [-0.2, -0.15) is 5.26 Å². The van der Waals surface area contributed by atoms with Gasteiger partial charge in [0.2, 0.25) is 0 Å². The molecule has 2 heterocycles. The van der Waals surface area contributed by atoms with Gasteiger partial charge in [-0.3, -0.25) is 9.59 Å². The zero-order valence-electron chi connectivity index (χ0n) is 13.9. The quantitative estimate of drug-likeness (QED) is 0.805. The lowest BCUT2D eigenvalue weighted by molar-refractivity contribution is -0.134. The third-order valence-electron chi connectivity index (χ3n) is 4.06. The zero-order chi connectivity index (χ0) is 18.5. The van der Waals surface area contributed by atoms with Crippen LogP contribution in [0.3, 0.4) is 0 Å². The molecule has 26 heavy (non-hydrogen) atoms. The maximum absolute atomic E-state index is 12.3. The number of hydrogen-bond donors (Lipinski definition) is 0. The van der Waals surface area contributed by atoms with Crippen molar-refractivity contribution in [2.24, 2.45) is 0 Å². The van der Waals surface area contributed by atoms with Gasteiger partial charge in [0, 0.05) is 26.2 Å². The van der Waals surface area contributed by atoms with E-state index in [0.717, 1.165) is 0 Å². The molecule has 1 fully saturated rings. The first-order valence-electron chi connectivity index (χ1n) is 8.01. The van der Waals surface area contributed by atoms with E-state index in [1.54, 1.807) is 28.0 Å². The Labute approximate surface area is 160 Å². The molecule has 6 nitrogen and oxygen atoms in total. The summed E-state index contributed by atoms with van der Waals surface area (Å²) in [6.07, 6.45) is 0. The molecule has 0 saturated carbocycles. The van der Waals surface area contributed by atoms with Gasteiger partial charge in [0.25, 0.3) is 11.8 Å². The molecule has 1 aromatic heterocycles. The first-order valence-corrected chi connectivity index (χ1v) is 9.27. The second-order valence-electron chi connectivity index (χ2n) is 5.70. The first-order chi connectivity index (χ1) is 12.6. The van der Waals surface area contributed by atoms with E-state index in [1.165, 1.54) is 17.4 Å². The molecule has 2 aromatic rings. The van der Waals surface area contributed by atoms with Gasteiger partial charge in [-0.05, 0) is 29.6 Å². The molecule has 2 amide bonds. The molecule has 0 radical (unpaired) electrons.